The number of esters is 1. The van der Waals surface area contributed by atoms with Crippen LogP contribution in [0.25, 0.3) is 0 Å². The Morgan fingerprint density at radius 2 is 0.802 bits per heavy atom. The van der Waals surface area contributed by atoms with Crippen molar-refractivity contribution in [3.8, 4) is 0 Å². The van der Waals surface area contributed by atoms with Crippen molar-refractivity contribution in [2.45, 2.75) is 238 Å². The molecule has 0 aliphatic heterocycles. The van der Waals surface area contributed by atoms with E-state index in [0.717, 1.165) is 122 Å². The van der Waals surface area contributed by atoms with Crippen molar-refractivity contribution in [3.63, 3.8) is 0 Å². The van der Waals surface area contributed by atoms with E-state index >= 15 is 0 Å². The number of hydrogen-bond acceptors (Lipinski definition) is 6. The fourth-order valence-corrected chi connectivity index (χ4v) is 8.88. The average molecular weight is 1140 g/mol. The molecule has 0 aliphatic rings. The summed E-state index contributed by atoms with van der Waals surface area (Å²) in [5.41, 5.74) is 0. The topological polar surface area (TPSA) is 111 Å². The first-order valence-electron chi connectivity index (χ1n) is 31.8. The summed E-state index contributed by atoms with van der Waals surface area (Å²) in [6.07, 6.45) is 86.9. The summed E-state index contributed by atoms with van der Waals surface area (Å²) in [6.45, 7) is 6.69. The SMILES string of the molecule is CC/C=C\C/C=C\C/C=C\C/C=C\C/C=C\C/C=C\CCCCCCC(=O)NC(COP(=O)(O)OCC[N+](C)(C)C)C(/C=C\CCCCCCCCCCCCC)OC(=O)CC/C=C\C/C=C\C/C=C\C/C=C\C/C=C\C/C=C\CC. The first-order valence-corrected chi connectivity index (χ1v) is 33.3. The van der Waals surface area contributed by atoms with Crippen molar-refractivity contribution in [1.82, 2.24) is 5.32 Å². The zero-order chi connectivity index (χ0) is 59.3. The number of carbonyl (C=O) groups is 2. The summed E-state index contributed by atoms with van der Waals surface area (Å²) in [6, 6.07) is -0.906. The number of likely N-dealkylation sites (N-methyl/N-ethyl adjacent to an activating group) is 1. The van der Waals surface area contributed by atoms with E-state index in [0.29, 0.717) is 23.9 Å². The second kappa shape index (κ2) is 58.8. The summed E-state index contributed by atoms with van der Waals surface area (Å²) < 4.78 is 30.6. The van der Waals surface area contributed by atoms with Crippen LogP contribution in [0.15, 0.2) is 158 Å². The van der Waals surface area contributed by atoms with Crippen LogP contribution in [0.1, 0.15) is 226 Å². The first kappa shape index (κ1) is 76.6. The Morgan fingerprint density at radius 3 is 1.21 bits per heavy atom. The van der Waals surface area contributed by atoms with Gasteiger partial charge in [0, 0.05) is 12.8 Å². The quantitative estimate of drug-likeness (QED) is 0.0205. The monoisotopic (exact) mass is 1140 g/mol. The van der Waals surface area contributed by atoms with Crippen molar-refractivity contribution in [3.05, 3.63) is 158 Å². The van der Waals surface area contributed by atoms with Crippen molar-refractivity contribution in [2.75, 3.05) is 40.9 Å². The van der Waals surface area contributed by atoms with Gasteiger partial charge in [-0.2, -0.15) is 0 Å². The number of phosphoric ester groups is 1. The Kier molecular flexibility index (Phi) is 55.6. The van der Waals surface area contributed by atoms with E-state index in [1.165, 1.54) is 57.8 Å². The van der Waals surface area contributed by atoms with Crippen LogP contribution >= 0.6 is 7.82 Å². The van der Waals surface area contributed by atoms with E-state index in [1.807, 2.05) is 45.4 Å². The van der Waals surface area contributed by atoms with E-state index < -0.39 is 25.9 Å². The Hall–Kier alpha value is -4.37. The van der Waals surface area contributed by atoms with Gasteiger partial charge in [-0.05, 0) is 122 Å². The van der Waals surface area contributed by atoms with Crippen LogP contribution in [0.3, 0.4) is 0 Å². The molecule has 3 atom stereocenters. The van der Waals surface area contributed by atoms with Gasteiger partial charge >= 0.3 is 13.8 Å². The molecule has 0 aromatic rings. The van der Waals surface area contributed by atoms with E-state index in [9.17, 15) is 19.0 Å². The van der Waals surface area contributed by atoms with Gasteiger partial charge < -0.3 is 19.4 Å². The Balaban J connectivity index is 5.44. The maximum atomic E-state index is 13.6. The molecule has 81 heavy (non-hydrogen) atoms. The highest BCUT2D eigenvalue weighted by atomic mass is 31.2. The van der Waals surface area contributed by atoms with Crippen LogP contribution in [-0.4, -0.2) is 74.3 Å². The second-order valence-electron chi connectivity index (χ2n) is 21.8. The number of ether oxygens (including phenoxy) is 1. The fraction of sp³-hybridized carbons (Fsp3) is 0.606. The third-order valence-electron chi connectivity index (χ3n) is 13.0. The number of phosphoric acid groups is 1. The molecule has 0 aromatic carbocycles. The minimum Gasteiger partial charge on any atom is -0.456 e. The lowest BCUT2D eigenvalue weighted by Gasteiger charge is -2.27. The van der Waals surface area contributed by atoms with Gasteiger partial charge in [0.1, 0.15) is 19.3 Å². The predicted octanol–water partition coefficient (Wildman–Crippen LogP) is 20.0. The minimum absolute atomic E-state index is 0.0142. The van der Waals surface area contributed by atoms with Crippen molar-refractivity contribution in [1.29, 1.82) is 0 Å². The third kappa shape index (κ3) is 60.1. The Morgan fingerprint density at radius 1 is 0.444 bits per heavy atom. The van der Waals surface area contributed by atoms with Crippen LogP contribution in [0, 0.1) is 0 Å². The highest BCUT2D eigenvalue weighted by Crippen LogP contribution is 2.43. The molecule has 0 spiro atoms. The number of allylic oxidation sites excluding steroid dienone is 25. The molecule has 0 heterocycles. The molecule has 0 bridgehead atoms. The molecular formula is C71H118N2O7P+. The lowest BCUT2D eigenvalue weighted by molar-refractivity contribution is -0.870. The highest BCUT2D eigenvalue weighted by molar-refractivity contribution is 7.47. The number of nitrogens with zero attached hydrogens (tertiary/aromatic N) is 1. The number of nitrogens with one attached hydrogen (secondary N) is 1. The third-order valence-corrected chi connectivity index (χ3v) is 14.0. The molecule has 10 heteroatoms. The molecule has 0 rings (SSSR count). The van der Waals surface area contributed by atoms with E-state index in [4.69, 9.17) is 13.8 Å². The number of amides is 1. The molecular weight excluding hydrogens is 1020 g/mol. The van der Waals surface area contributed by atoms with E-state index in [2.05, 4.69) is 160 Å². The maximum Gasteiger partial charge on any atom is 0.472 e. The number of quaternary nitrogens is 1. The molecule has 2 N–H and O–H groups in total. The van der Waals surface area contributed by atoms with Gasteiger partial charge in [0.25, 0.3) is 0 Å². The Bertz CT molecular complexity index is 1940. The van der Waals surface area contributed by atoms with Gasteiger partial charge in [-0.15, -0.1) is 0 Å². The zero-order valence-electron chi connectivity index (χ0n) is 52.2. The number of unbranched alkanes of at least 4 members (excludes halogenated alkanes) is 15. The minimum atomic E-state index is -4.49. The lowest BCUT2D eigenvalue weighted by atomic mass is 10.0. The molecule has 0 fully saturated rings. The standard InChI is InChI=1S/C71H117N2O7P/c1-7-10-13-16-19-22-25-28-30-32-34-35-36-37-39-40-42-45-48-51-54-57-60-63-70(74)72-68(67-79-81(76,77)78-66-65-73(4,5)6)69(62-59-56-53-50-47-44-27-24-21-18-15-12-9-3)80-71(75)64-61-58-55-52-49-46-43-41-38-33-31-29-26-23-20-17-14-11-8-2/h10-11,13-14,19-20,22-23,28-31,34-35,37-39,41-42,45-46,49,55,58-59,62,68-69H,7-9,12,15-18,21,24-27,32-33,36,40,43-44,47-48,50-54,56-57,60-61,63-67H2,1-6H3,(H-,72,74,76,77)/p+1/b13-10-,14-11-,22-19-,23-20-,30-28-,31-29-,35-34-,39-37-,41-38-,45-42-,49-46-,58-55-,62-59-. The molecule has 0 radical (unpaired) electrons. The van der Waals surface area contributed by atoms with Crippen molar-refractivity contribution in [2.24, 2.45) is 0 Å². The van der Waals surface area contributed by atoms with Gasteiger partial charge in [-0.25, -0.2) is 4.57 Å². The number of carbonyl (C=O) groups excluding carboxylic acids is 2. The molecule has 0 aromatic heterocycles. The summed E-state index contributed by atoms with van der Waals surface area (Å²) >= 11 is 0. The van der Waals surface area contributed by atoms with Gasteiger partial charge in [0.05, 0.1) is 33.8 Å². The van der Waals surface area contributed by atoms with Crippen LogP contribution in [0.2, 0.25) is 0 Å². The first-order chi connectivity index (χ1) is 39.4. The molecule has 0 saturated carbocycles. The van der Waals surface area contributed by atoms with Crippen LogP contribution in [0.5, 0.6) is 0 Å². The van der Waals surface area contributed by atoms with Crippen molar-refractivity contribution < 1.29 is 37.3 Å². The molecule has 9 nitrogen and oxygen atoms in total. The number of rotatable bonds is 55. The summed E-state index contributed by atoms with van der Waals surface area (Å²) in [5, 5.41) is 3.02. The van der Waals surface area contributed by atoms with Gasteiger partial charge in [-0.1, -0.05) is 250 Å². The molecule has 0 aliphatic carbocycles. The van der Waals surface area contributed by atoms with Crippen LogP contribution in [-0.2, 0) is 27.9 Å². The van der Waals surface area contributed by atoms with Crippen molar-refractivity contribution >= 4 is 19.7 Å². The zero-order valence-corrected chi connectivity index (χ0v) is 53.1. The molecule has 1 amide bonds. The molecule has 0 saturated heterocycles. The summed E-state index contributed by atoms with van der Waals surface area (Å²) in [7, 11) is 1.41. The lowest BCUT2D eigenvalue weighted by Crippen LogP contribution is -2.47. The number of hydrogen-bond donors (Lipinski definition) is 2. The molecule has 458 valence electrons. The smallest absolute Gasteiger partial charge is 0.456 e. The normalized spacial score (nSPS) is 14.7. The van der Waals surface area contributed by atoms with Gasteiger partial charge in [0.15, 0.2) is 0 Å². The van der Waals surface area contributed by atoms with Gasteiger partial charge in [0.2, 0.25) is 5.91 Å². The Labute approximate surface area is 497 Å². The van der Waals surface area contributed by atoms with E-state index in [1.54, 1.807) is 0 Å². The summed E-state index contributed by atoms with van der Waals surface area (Å²) in [5.74, 6) is -0.645. The highest BCUT2D eigenvalue weighted by Gasteiger charge is 2.30. The summed E-state index contributed by atoms with van der Waals surface area (Å²) in [4.78, 5) is 37.7. The second-order valence-corrected chi connectivity index (χ2v) is 23.3. The van der Waals surface area contributed by atoms with Crippen LogP contribution in [0.4, 0.5) is 0 Å². The van der Waals surface area contributed by atoms with E-state index in [-0.39, 0.29) is 32.0 Å². The average Bonchev–Trinajstić information content (AvgIpc) is 3.44. The maximum absolute atomic E-state index is 13.6. The predicted molar refractivity (Wildman–Crippen MR) is 350 cm³/mol. The molecule has 3 unspecified atom stereocenters. The fourth-order valence-electron chi connectivity index (χ4n) is 8.14. The van der Waals surface area contributed by atoms with Crippen LogP contribution < -0.4 is 5.32 Å². The van der Waals surface area contributed by atoms with Gasteiger partial charge in [-0.3, -0.25) is 18.6 Å². The largest absolute Gasteiger partial charge is 0.472 e.